The summed E-state index contributed by atoms with van der Waals surface area (Å²) in [4.78, 5) is 11.4. The number of hydrogen-bond donors (Lipinski definition) is 4. The summed E-state index contributed by atoms with van der Waals surface area (Å²) in [6, 6.07) is 23.8. The first kappa shape index (κ1) is 28.9. The van der Waals surface area contributed by atoms with E-state index in [1.807, 2.05) is 55.5 Å². The number of nitrogens with zero attached hydrogens (tertiary/aromatic N) is 1. The first-order valence-corrected chi connectivity index (χ1v) is 14.6. The van der Waals surface area contributed by atoms with Crippen molar-refractivity contribution in [2.45, 2.75) is 32.0 Å². The van der Waals surface area contributed by atoms with Gasteiger partial charge in [0.15, 0.2) is 0 Å². The molecular weight excluding hydrogens is 534 g/mol. The Balaban J connectivity index is 1.41. The van der Waals surface area contributed by atoms with Gasteiger partial charge in [0.2, 0.25) is 15.9 Å². The molecule has 0 bridgehead atoms. The molecule has 0 aliphatic heterocycles. The highest BCUT2D eigenvalue weighted by Gasteiger charge is 2.15. The molecule has 4 N–H and O–H groups in total. The number of fused-ring (bicyclic) bond motifs is 1. The molecule has 0 saturated carbocycles. The third-order valence-corrected chi connectivity index (χ3v) is 6.75. The van der Waals surface area contributed by atoms with E-state index in [1.54, 1.807) is 34.9 Å². The lowest BCUT2D eigenvalue weighted by molar-refractivity contribution is 0.104. The predicted octanol–water partition coefficient (Wildman–Crippen LogP) is 4.08. The SMILES string of the molecule is C[C@H](Cc1ccc2c(c1)cc(OC(=O)O)n2Cc1ccc(NS(C)(=O)=O)cc1)NC[C@H](O)COc1ccccc1. The minimum atomic E-state index is -3.39. The second-order valence-corrected chi connectivity index (χ2v) is 11.4. The normalized spacial score (nSPS) is 13.1. The van der Waals surface area contributed by atoms with Gasteiger partial charge in [-0.3, -0.25) is 4.72 Å². The molecule has 0 amide bonds. The summed E-state index contributed by atoms with van der Waals surface area (Å²) in [5.41, 5.74) is 3.11. The molecule has 0 radical (unpaired) electrons. The number of hydrogen-bond acceptors (Lipinski definition) is 7. The van der Waals surface area contributed by atoms with Crippen molar-refractivity contribution in [3.63, 3.8) is 0 Å². The average molecular weight is 568 g/mol. The van der Waals surface area contributed by atoms with Crippen molar-refractivity contribution in [2.75, 3.05) is 24.1 Å². The van der Waals surface area contributed by atoms with E-state index in [9.17, 15) is 23.4 Å². The van der Waals surface area contributed by atoms with Crippen molar-refractivity contribution in [3.05, 3.63) is 90.0 Å². The van der Waals surface area contributed by atoms with Gasteiger partial charge in [-0.1, -0.05) is 36.4 Å². The molecule has 1 aromatic heterocycles. The highest BCUT2D eigenvalue weighted by molar-refractivity contribution is 7.92. The molecule has 0 aliphatic carbocycles. The molecule has 11 heteroatoms. The van der Waals surface area contributed by atoms with Crippen molar-refractivity contribution in [1.82, 2.24) is 9.88 Å². The van der Waals surface area contributed by atoms with Crippen LogP contribution in [0.15, 0.2) is 78.9 Å². The van der Waals surface area contributed by atoms with E-state index in [0.29, 0.717) is 30.9 Å². The maximum atomic E-state index is 11.5. The first-order chi connectivity index (χ1) is 19.1. The fourth-order valence-electron chi connectivity index (χ4n) is 4.36. The molecular formula is C29H33N3O7S. The van der Waals surface area contributed by atoms with Crippen LogP contribution in [0.1, 0.15) is 18.1 Å². The second-order valence-electron chi connectivity index (χ2n) is 9.69. The Morgan fingerprint density at radius 1 is 1.00 bits per heavy atom. The smallest absolute Gasteiger partial charge is 0.491 e. The van der Waals surface area contributed by atoms with Crippen molar-refractivity contribution >= 4 is 32.8 Å². The van der Waals surface area contributed by atoms with Gasteiger partial charge in [-0.15, -0.1) is 0 Å². The molecule has 3 aromatic carbocycles. The van der Waals surface area contributed by atoms with Crippen molar-refractivity contribution in [3.8, 4) is 11.6 Å². The van der Waals surface area contributed by atoms with Crippen LogP contribution in [0.5, 0.6) is 11.6 Å². The van der Waals surface area contributed by atoms with Gasteiger partial charge in [0.05, 0.1) is 18.3 Å². The number of benzene rings is 3. The lowest BCUT2D eigenvalue weighted by Crippen LogP contribution is -2.37. The van der Waals surface area contributed by atoms with Crippen molar-refractivity contribution in [2.24, 2.45) is 0 Å². The van der Waals surface area contributed by atoms with E-state index in [-0.39, 0.29) is 18.5 Å². The molecule has 212 valence electrons. The van der Waals surface area contributed by atoms with E-state index in [2.05, 4.69) is 10.0 Å². The number of aliphatic hydroxyl groups is 1. The highest BCUT2D eigenvalue weighted by atomic mass is 32.2. The van der Waals surface area contributed by atoms with E-state index in [0.717, 1.165) is 28.3 Å². The maximum Gasteiger partial charge on any atom is 0.512 e. The summed E-state index contributed by atoms with van der Waals surface area (Å²) >= 11 is 0. The van der Waals surface area contributed by atoms with Gasteiger partial charge in [-0.25, -0.2) is 13.2 Å². The van der Waals surface area contributed by atoms with Gasteiger partial charge in [-0.2, -0.15) is 0 Å². The van der Waals surface area contributed by atoms with Gasteiger partial charge in [0.25, 0.3) is 0 Å². The van der Waals surface area contributed by atoms with Crippen molar-refractivity contribution in [1.29, 1.82) is 0 Å². The maximum absolute atomic E-state index is 11.5. The summed E-state index contributed by atoms with van der Waals surface area (Å²) in [6.07, 6.45) is -0.299. The Hall–Kier alpha value is -4.06. The predicted molar refractivity (Wildman–Crippen MR) is 154 cm³/mol. The lowest BCUT2D eigenvalue weighted by Gasteiger charge is -2.18. The highest BCUT2D eigenvalue weighted by Crippen LogP contribution is 2.29. The van der Waals surface area contributed by atoms with Crippen LogP contribution in [0.4, 0.5) is 10.5 Å². The van der Waals surface area contributed by atoms with E-state index in [1.165, 1.54) is 0 Å². The summed E-state index contributed by atoms with van der Waals surface area (Å²) in [7, 11) is -3.39. The van der Waals surface area contributed by atoms with Crippen LogP contribution in [0, 0.1) is 0 Å². The number of anilines is 1. The van der Waals surface area contributed by atoms with E-state index in [4.69, 9.17) is 9.47 Å². The fourth-order valence-corrected chi connectivity index (χ4v) is 4.93. The molecule has 0 spiro atoms. The van der Waals surface area contributed by atoms with Gasteiger partial charge in [0, 0.05) is 29.7 Å². The van der Waals surface area contributed by atoms with Gasteiger partial charge < -0.3 is 29.6 Å². The lowest BCUT2D eigenvalue weighted by atomic mass is 10.0. The van der Waals surface area contributed by atoms with Gasteiger partial charge >= 0.3 is 6.16 Å². The minimum absolute atomic E-state index is 0.0692. The molecule has 40 heavy (non-hydrogen) atoms. The average Bonchev–Trinajstić information content (AvgIpc) is 3.22. The molecule has 2 atom stereocenters. The fraction of sp³-hybridized carbons (Fsp3) is 0.276. The van der Waals surface area contributed by atoms with Crippen LogP contribution < -0.4 is 19.5 Å². The van der Waals surface area contributed by atoms with Gasteiger partial charge in [-0.05, 0) is 60.9 Å². The Morgan fingerprint density at radius 2 is 1.70 bits per heavy atom. The molecule has 4 aromatic rings. The zero-order chi connectivity index (χ0) is 28.7. The third kappa shape index (κ3) is 8.47. The number of carbonyl (C=O) groups is 1. The van der Waals surface area contributed by atoms with Crippen LogP contribution in [0.25, 0.3) is 10.9 Å². The zero-order valence-electron chi connectivity index (χ0n) is 22.3. The standard InChI is InChI=1S/C29H33N3O7S/c1-20(30-17-25(33)19-38-26-6-4-3-5-7-26)14-22-10-13-27-23(15-22)16-28(39-29(34)35)32(27)18-21-8-11-24(12-9-21)31-40(2,36)37/h3-13,15-16,20,25,30-31,33H,14,17-19H2,1-2H3,(H,34,35)/t20-,25+/m1/s1. The number of carboxylic acid groups (broad SMARTS) is 1. The third-order valence-electron chi connectivity index (χ3n) is 6.15. The molecule has 0 aliphatic rings. The Morgan fingerprint density at radius 3 is 2.38 bits per heavy atom. The Labute approximate surface area is 233 Å². The van der Waals surface area contributed by atoms with Crippen molar-refractivity contribution < 1.29 is 32.9 Å². The number of ether oxygens (including phenoxy) is 2. The van der Waals surface area contributed by atoms with Crippen LogP contribution in [0.3, 0.4) is 0 Å². The van der Waals surface area contributed by atoms with E-state index < -0.39 is 22.3 Å². The summed E-state index contributed by atoms with van der Waals surface area (Å²) in [5, 5.41) is 23.7. The van der Waals surface area contributed by atoms with Crippen LogP contribution in [-0.2, 0) is 23.0 Å². The van der Waals surface area contributed by atoms with E-state index >= 15 is 0 Å². The molecule has 1 heterocycles. The summed E-state index contributed by atoms with van der Waals surface area (Å²) in [6.45, 7) is 2.92. The second kappa shape index (κ2) is 12.9. The minimum Gasteiger partial charge on any atom is -0.491 e. The number of sulfonamides is 1. The molecule has 0 unspecified atom stereocenters. The quantitative estimate of drug-likeness (QED) is 0.177. The zero-order valence-corrected chi connectivity index (χ0v) is 23.1. The summed E-state index contributed by atoms with van der Waals surface area (Å²) < 4.78 is 37.8. The first-order valence-electron chi connectivity index (χ1n) is 12.7. The number of aromatic nitrogens is 1. The molecule has 10 nitrogen and oxygen atoms in total. The number of para-hydroxylation sites is 1. The summed E-state index contributed by atoms with van der Waals surface area (Å²) in [5.74, 6) is 0.896. The van der Waals surface area contributed by atoms with Gasteiger partial charge in [0.1, 0.15) is 18.5 Å². The number of nitrogens with one attached hydrogen (secondary N) is 2. The van der Waals surface area contributed by atoms with Crippen LogP contribution in [0.2, 0.25) is 0 Å². The Kier molecular flexibility index (Phi) is 9.30. The topological polar surface area (TPSA) is 139 Å². The number of rotatable bonds is 13. The molecule has 4 rings (SSSR count). The molecule has 0 fully saturated rings. The Bertz CT molecular complexity index is 1540. The monoisotopic (exact) mass is 567 g/mol. The number of aliphatic hydroxyl groups excluding tert-OH is 1. The largest absolute Gasteiger partial charge is 0.512 e. The van der Waals surface area contributed by atoms with Crippen LogP contribution in [-0.4, -0.2) is 60.9 Å². The van der Waals surface area contributed by atoms with Crippen LogP contribution >= 0.6 is 0 Å². The molecule has 0 saturated heterocycles.